The summed E-state index contributed by atoms with van der Waals surface area (Å²) in [4.78, 5) is 22.4. The summed E-state index contributed by atoms with van der Waals surface area (Å²) in [6.45, 7) is 0.474. The number of alkyl halides is 2. The molecule has 0 fully saturated rings. The second kappa shape index (κ2) is 9.59. The van der Waals surface area contributed by atoms with E-state index in [2.05, 4.69) is 31.9 Å². The summed E-state index contributed by atoms with van der Waals surface area (Å²) in [5.41, 5.74) is 3.85. The largest absolute Gasteiger partial charge is 0.460 e. The maximum Gasteiger partial charge on any atom is 0.316 e. The van der Waals surface area contributed by atoms with Crippen LogP contribution < -0.4 is 0 Å². The molecule has 6 heteroatoms. The van der Waals surface area contributed by atoms with Crippen LogP contribution in [-0.4, -0.2) is 22.6 Å². The van der Waals surface area contributed by atoms with Gasteiger partial charge >= 0.3 is 11.9 Å². The summed E-state index contributed by atoms with van der Waals surface area (Å²) in [6, 6.07) is 15.6. The Morgan fingerprint density at radius 2 is 1.17 bits per heavy atom. The minimum atomic E-state index is -0.295. The normalized spacial score (nSPS) is 10.2. The Bertz CT molecular complexity index is 654. The summed E-state index contributed by atoms with van der Waals surface area (Å²) in [7, 11) is 0. The van der Waals surface area contributed by atoms with Crippen molar-refractivity contribution in [2.75, 3.05) is 10.7 Å². The predicted molar refractivity (Wildman–Crippen MR) is 99.1 cm³/mol. The number of carbonyl (C=O) groups excluding carboxylic acids is 2. The molecule has 4 nitrogen and oxygen atoms in total. The van der Waals surface area contributed by atoms with Crippen molar-refractivity contribution < 1.29 is 19.1 Å². The number of carbonyl (C=O) groups is 2. The Morgan fingerprint density at radius 1 is 0.750 bits per heavy atom. The van der Waals surface area contributed by atoms with E-state index in [4.69, 9.17) is 9.47 Å². The van der Waals surface area contributed by atoms with Gasteiger partial charge in [-0.3, -0.25) is 9.59 Å². The lowest BCUT2D eigenvalue weighted by Gasteiger charge is -2.08. The molecule has 0 saturated heterocycles. The van der Waals surface area contributed by atoms with Crippen molar-refractivity contribution in [3.63, 3.8) is 0 Å². The van der Waals surface area contributed by atoms with Crippen LogP contribution in [0.3, 0.4) is 0 Å². The molecule has 0 radical (unpaired) electrons. The molecule has 0 aromatic heterocycles. The molecule has 0 saturated carbocycles. The maximum atomic E-state index is 11.2. The Labute approximate surface area is 157 Å². The molecule has 0 aliphatic carbocycles. The fourth-order valence-corrected chi connectivity index (χ4v) is 2.41. The van der Waals surface area contributed by atoms with E-state index >= 15 is 0 Å². The molecule has 0 heterocycles. The number of halogens is 2. The number of rotatable bonds is 7. The molecule has 2 rings (SSSR count). The molecule has 0 unspecified atom stereocenters. The topological polar surface area (TPSA) is 52.6 Å². The first-order valence-corrected chi connectivity index (χ1v) is 9.48. The lowest BCUT2D eigenvalue weighted by Crippen LogP contribution is -2.05. The second-order valence-electron chi connectivity index (χ2n) is 4.99. The van der Waals surface area contributed by atoms with Gasteiger partial charge < -0.3 is 9.47 Å². The molecular formula is C18H16Br2O4. The summed E-state index contributed by atoms with van der Waals surface area (Å²) < 4.78 is 10.2. The van der Waals surface area contributed by atoms with Crippen molar-refractivity contribution in [2.24, 2.45) is 0 Å². The summed E-state index contributed by atoms with van der Waals surface area (Å²) >= 11 is 6.13. The third kappa shape index (κ3) is 5.76. The lowest BCUT2D eigenvalue weighted by molar-refractivity contribution is -0.142. The molecule has 0 aliphatic rings. The second-order valence-corrected chi connectivity index (χ2v) is 6.11. The van der Waals surface area contributed by atoms with Gasteiger partial charge in [-0.05, 0) is 34.4 Å². The van der Waals surface area contributed by atoms with Gasteiger partial charge in [0.25, 0.3) is 0 Å². The van der Waals surface area contributed by atoms with E-state index in [-0.39, 0.29) is 35.8 Å². The van der Waals surface area contributed by atoms with E-state index in [0.717, 1.165) is 22.3 Å². The Morgan fingerprint density at radius 3 is 1.54 bits per heavy atom. The molecule has 126 valence electrons. The minimum absolute atomic E-state index is 0.182. The van der Waals surface area contributed by atoms with Crippen molar-refractivity contribution in [2.45, 2.75) is 13.2 Å². The van der Waals surface area contributed by atoms with Crippen LogP contribution in [0.5, 0.6) is 0 Å². The molecule has 2 aromatic rings. The molecule has 0 N–H and O–H groups in total. The summed E-state index contributed by atoms with van der Waals surface area (Å²) in [5.74, 6) is -0.591. The van der Waals surface area contributed by atoms with E-state index in [9.17, 15) is 9.59 Å². The van der Waals surface area contributed by atoms with Crippen LogP contribution in [0.1, 0.15) is 11.1 Å². The van der Waals surface area contributed by atoms with Gasteiger partial charge in [-0.2, -0.15) is 0 Å². The van der Waals surface area contributed by atoms with Gasteiger partial charge in [0, 0.05) is 0 Å². The van der Waals surface area contributed by atoms with Gasteiger partial charge in [-0.15, -0.1) is 0 Å². The van der Waals surface area contributed by atoms with Gasteiger partial charge in [0.2, 0.25) is 0 Å². The first-order valence-electron chi connectivity index (χ1n) is 7.24. The highest BCUT2D eigenvalue weighted by atomic mass is 79.9. The van der Waals surface area contributed by atoms with Crippen molar-refractivity contribution in [1.29, 1.82) is 0 Å². The fourth-order valence-electron chi connectivity index (χ4n) is 2.09. The van der Waals surface area contributed by atoms with Crippen molar-refractivity contribution in [3.05, 3.63) is 59.7 Å². The standard InChI is InChI=1S/C18H16Br2O4/c19-9-17(21)23-11-13-3-1-5-15(7-13)16-6-2-4-14(8-16)12-24-18(22)10-20/h1-8H,9-12H2. The van der Waals surface area contributed by atoms with Crippen LogP contribution in [0, 0.1) is 0 Å². The number of hydrogen-bond donors (Lipinski definition) is 0. The van der Waals surface area contributed by atoms with Crippen molar-refractivity contribution in [1.82, 2.24) is 0 Å². The average Bonchev–Trinajstić information content (AvgIpc) is 2.64. The van der Waals surface area contributed by atoms with Crippen LogP contribution in [0.15, 0.2) is 48.5 Å². The van der Waals surface area contributed by atoms with Crippen molar-refractivity contribution >= 4 is 43.8 Å². The Balaban J connectivity index is 2.10. The number of esters is 2. The highest BCUT2D eigenvalue weighted by Gasteiger charge is 2.05. The van der Waals surface area contributed by atoms with Crippen LogP contribution in [-0.2, 0) is 32.3 Å². The quantitative estimate of drug-likeness (QED) is 0.463. The van der Waals surface area contributed by atoms with E-state index in [1.54, 1.807) is 0 Å². The fraction of sp³-hybridized carbons (Fsp3) is 0.222. The number of ether oxygens (including phenoxy) is 2. The van der Waals surface area contributed by atoms with Gasteiger partial charge in [0.15, 0.2) is 0 Å². The number of hydrogen-bond acceptors (Lipinski definition) is 4. The SMILES string of the molecule is O=C(CBr)OCc1cccc(-c2cccc(COC(=O)CBr)c2)c1. The molecule has 0 amide bonds. The lowest BCUT2D eigenvalue weighted by atomic mass is 10.0. The van der Waals surface area contributed by atoms with E-state index < -0.39 is 0 Å². The smallest absolute Gasteiger partial charge is 0.316 e. The van der Waals surface area contributed by atoms with Crippen LogP contribution in [0.2, 0.25) is 0 Å². The van der Waals surface area contributed by atoms with E-state index in [1.807, 2.05) is 48.5 Å². The average molecular weight is 456 g/mol. The predicted octanol–water partition coefficient (Wildman–Crippen LogP) is 4.23. The summed E-state index contributed by atoms with van der Waals surface area (Å²) in [5, 5.41) is 0.365. The van der Waals surface area contributed by atoms with Crippen LogP contribution in [0.4, 0.5) is 0 Å². The molecule has 0 aliphatic heterocycles. The zero-order valence-corrected chi connectivity index (χ0v) is 16.0. The molecule has 2 aromatic carbocycles. The zero-order valence-electron chi connectivity index (χ0n) is 12.8. The Hall–Kier alpha value is -1.66. The first kappa shape index (κ1) is 18.7. The van der Waals surface area contributed by atoms with Crippen molar-refractivity contribution in [3.8, 4) is 11.1 Å². The van der Waals surface area contributed by atoms with Gasteiger partial charge in [0.1, 0.15) is 23.9 Å². The third-order valence-corrected chi connectivity index (χ3v) is 4.12. The van der Waals surface area contributed by atoms with E-state index in [0.29, 0.717) is 0 Å². The van der Waals surface area contributed by atoms with Crippen LogP contribution in [0.25, 0.3) is 11.1 Å². The molecular weight excluding hydrogens is 440 g/mol. The minimum Gasteiger partial charge on any atom is -0.460 e. The number of benzene rings is 2. The van der Waals surface area contributed by atoms with Gasteiger partial charge in [0.05, 0.1) is 0 Å². The van der Waals surface area contributed by atoms with E-state index in [1.165, 1.54) is 0 Å². The first-order chi connectivity index (χ1) is 11.6. The van der Waals surface area contributed by atoms with Crippen LogP contribution >= 0.6 is 31.9 Å². The van der Waals surface area contributed by atoms with Gasteiger partial charge in [-0.25, -0.2) is 0 Å². The maximum absolute atomic E-state index is 11.2. The molecule has 0 spiro atoms. The Kier molecular flexibility index (Phi) is 7.46. The molecule has 0 bridgehead atoms. The highest BCUT2D eigenvalue weighted by molar-refractivity contribution is 9.09. The highest BCUT2D eigenvalue weighted by Crippen LogP contribution is 2.22. The van der Waals surface area contributed by atoms with Gasteiger partial charge in [-0.1, -0.05) is 68.3 Å². The molecule has 0 atom stereocenters. The monoisotopic (exact) mass is 454 g/mol. The third-order valence-electron chi connectivity index (χ3n) is 3.21. The summed E-state index contributed by atoms with van der Waals surface area (Å²) in [6.07, 6.45) is 0. The zero-order chi connectivity index (χ0) is 17.4. The molecule has 24 heavy (non-hydrogen) atoms.